The summed E-state index contributed by atoms with van der Waals surface area (Å²) in [5.74, 6) is -0.0203. The summed E-state index contributed by atoms with van der Waals surface area (Å²) < 4.78 is 11.2. The predicted molar refractivity (Wildman–Crippen MR) is 121 cm³/mol. The van der Waals surface area contributed by atoms with E-state index in [0.717, 1.165) is 16.7 Å². The summed E-state index contributed by atoms with van der Waals surface area (Å²) in [4.78, 5) is 38.7. The molecule has 1 aliphatic rings. The van der Waals surface area contributed by atoms with Gasteiger partial charge in [-0.25, -0.2) is 9.59 Å². The van der Waals surface area contributed by atoms with Crippen molar-refractivity contribution in [3.8, 4) is 5.75 Å². The van der Waals surface area contributed by atoms with Crippen LogP contribution in [0.4, 0.5) is 4.79 Å². The van der Waals surface area contributed by atoms with Crippen LogP contribution < -0.4 is 10.1 Å². The van der Waals surface area contributed by atoms with Crippen molar-refractivity contribution in [2.75, 3.05) is 20.3 Å². The molecule has 1 aliphatic heterocycles. The summed E-state index contributed by atoms with van der Waals surface area (Å²) in [6.45, 7) is 7.33. The van der Waals surface area contributed by atoms with E-state index in [2.05, 4.69) is 5.32 Å². The number of ketones is 1. The minimum atomic E-state index is -0.656. The van der Waals surface area contributed by atoms with Crippen molar-refractivity contribution >= 4 is 17.8 Å². The summed E-state index contributed by atoms with van der Waals surface area (Å²) in [5.41, 5.74) is 4.14. The number of nitrogens with zero attached hydrogens (tertiary/aromatic N) is 1. The first-order valence-corrected chi connectivity index (χ1v) is 10.5. The molecule has 7 nitrogen and oxygen atoms in total. The Kier molecular flexibility index (Phi) is 6.98. The fraction of sp³-hybridized carbons (Fsp3) is 0.320. The smallest absolute Gasteiger partial charge is 0.338 e. The van der Waals surface area contributed by atoms with Gasteiger partial charge in [0.25, 0.3) is 0 Å². The molecule has 0 spiro atoms. The van der Waals surface area contributed by atoms with Gasteiger partial charge in [-0.3, -0.25) is 9.69 Å². The van der Waals surface area contributed by atoms with Gasteiger partial charge in [-0.1, -0.05) is 23.8 Å². The van der Waals surface area contributed by atoms with Crippen LogP contribution in [0.15, 0.2) is 53.7 Å². The van der Waals surface area contributed by atoms with Crippen LogP contribution in [0.2, 0.25) is 0 Å². The first-order chi connectivity index (χ1) is 15.2. The van der Waals surface area contributed by atoms with E-state index in [1.54, 1.807) is 38.2 Å². The van der Waals surface area contributed by atoms with E-state index in [1.807, 2.05) is 32.0 Å². The Morgan fingerprint density at radius 2 is 1.78 bits per heavy atom. The third kappa shape index (κ3) is 4.82. The number of ether oxygens (including phenoxy) is 2. The average molecular weight is 437 g/mol. The number of esters is 1. The molecule has 7 heteroatoms. The summed E-state index contributed by atoms with van der Waals surface area (Å²) in [5, 5.41) is 2.92. The van der Waals surface area contributed by atoms with Crippen molar-refractivity contribution in [2.45, 2.75) is 33.7 Å². The second kappa shape index (κ2) is 9.68. The Labute approximate surface area is 188 Å². The van der Waals surface area contributed by atoms with Gasteiger partial charge in [0.15, 0.2) is 5.78 Å². The third-order valence-electron chi connectivity index (χ3n) is 5.45. The minimum absolute atomic E-state index is 0.0150. The number of amides is 2. The number of urea groups is 1. The summed E-state index contributed by atoms with van der Waals surface area (Å²) >= 11 is 0. The fourth-order valence-electron chi connectivity index (χ4n) is 3.62. The molecule has 0 fully saturated rings. The SMILES string of the molecule is CCOC(=O)C1=C(COc2ccc(C(C)=O)cc2)N(C)C(=O)N[C@H]1c1cc(C)ccc1C. The lowest BCUT2D eigenvalue weighted by molar-refractivity contribution is -0.139. The number of rotatable bonds is 7. The van der Waals surface area contributed by atoms with Crippen LogP contribution >= 0.6 is 0 Å². The molecule has 0 radical (unpaired) electrons. The number of carbonyl (C=O) groups excluding carboxylic acids is 3. The highest BCUT2D eigenvalue weighted by Crippen LogP contribution is 2.33. The topological polar surface area (TPSA) is 84.9 Å². The van der Waals surface area contributed by atoms with E-state index in [1.165, 1.54) is 11.8 Å². The molecule has 0 saturated heterocycles. The molecular weight excluding hydrogens is 408 g/mol. The van der Waals surface area contributed by atoms with Crippen LogP contribution in [0.1, 0.15) is 46.9 Å². The van der Waals surface area contributed by atoms with Crippen molar-refractivity contribution in [3.63, 3.8) is 0 Å². The fourth-order valence-corrected chi connectivity index (χ4v) is 3.62. The zero-order valence-corrected chi connectivity index (χ0v) is 19.0. The molecule has 1 N–H and O–H groups in total. The van der Waals surface area contributed by atoms with E-state index >= 15 is 0 Å². The van der Waals surface area contributed by atoms with Gasteiger partial charge >= 0.3 is 12.0 Å². The van der Waals surface area contributed by atoms with E-state index < -0.39 is 12.0 Å². The monoisotopic (exact) mass is 436 g/mol. The Balaban J connectivity index is 2.03. The lowest BCUT2D eigenvalue weighted by Gasteiger charge is -2.35. The molecule has 3 rings (SSSR count). The highest BCUT2D eigenvalue weighted by molar-refractivity contribution is 5.95. The van der Waals surface area contributed by atoms with Gasteiger partial charge < -0.3 is 14.8 Å². The largest absolute Gasteiger partial charge is 0.487 e. The lowest BCUT2D eigenvalue weighted by Crippen LogP contribution is -2.48. The van der Waals surface area contributed by atoms with Crippen molar-refractivity contribution in [2.24, 2.45) is 0 Å². The first-order valence-electron chi connectivity index (χ1n) is 10.5. The number of likely N-dealkylation sites (N-methyl/N-ethyl adjacent to an activating group) is 1. The molecule has 0 aliphatic carbocycles. The van der Waals surface area contributed by atoms with Crippen molar-refractivity contribution in [3.05, 3.63) is 76.0 Å². The summed E-state index contributed by atoms with van der Waals surface area (Å²) in [7, 11) is 1.59. The maximum atomic E-state index is 13.0. The molecule has 0 aromatic heterocycles. The van der Waals surface area contributed by atoms with E-state index in [0.29, 0.717) is 22.6 Å². The number of nitrogens with one attached hydrogen (secondary N) is 1. The number of benzene rings is 2. The predicted octanol–water partition coefficient (Wildman–Crippen LogP) is 4.10. The highest BCUT2D eigenvalue weighted by Gasteiger charge is 2.37. The Morgan fingerprint density at radius 1 is 1.09 bits per heavy atom. The van der Waals surface area contributed by atoms with Gasteiger partial charge in [-0.05, 0) is 63.1 Å². The number of Topliss-reactive ketones (excluding diaryl/α,β-unsaturated/α-hetero) is 1. The van der Waals surface area contributed by atoms with Crippen LogP contribution in [0, 0.1) is 13.8 Å². The molecule has 1 atom stereocenters. The number of aryl methyl sites for hydroxylation is 2. The van der Waals surface area contributed by atoms with E-state index in [9.17, 15) is 14.4 Å². The molecule has 2 aromatic carbocycles. The first kappa shape index (κ1) is 23.1. The van der Waals surface area contributed by atoms with Crippen molar-refractivity contribution < 1.29 is 23.9 Å². The maximum Gasteiger partial charge on any atom is 0.338 e. The van der Waals surface area contributed by atoms with Crippen molar-refractivity contribution in [1.29, 1.82) is 0 Å². The van der Waals surface area contributed by atoms with Gasteiger partial charge in [0.1, 0.15) is 12.4 Å². The van der Waals surface area contributed by atoms with Gasteiger partial charge in [-0.2, -0.15) is 0 Å². The molecule has 2 aromatic rings. The molecule has 0 saturated carbocycles. The Hall–Kier alpha value is -3.61. The minimum Gasteiger partial charge on any atom is -0.487 e. The number of carbonyl (C=O) groups is 3. The zero-order chi connectivity index (χ0) is 23.4. The Bertz CT molecular complexity index is 1070. The van der Waals surface area contributed by atoms with Crippen molar-refractivity contribution in [1.82, 2.24) is 10.2 Å². The number of hydrogen-bond acceptors (Lipinski definition) is 5. The molecule has 0 bridgehead atoms. The second-order valence-electron chi connectivity index (χ2n) is 7.75. The average Bonchev–Trinajstić information content (AvgIpc) is 2.76. The van der Waals surface area contributed by atoms with E-state index in [-0.39, 0.29) is 25.0 Å². The molecule has 0 unspecified atom stereocenters. The molecule has 168 valence electrons. The number of hydrogen-bond donors (Lipinski definition) is 1. The second-order valence-corrected chi connectivity index (χ2v) is 7.75. The third-order valence-corrected chi connectivity index (χ3v) is 5.45. The molecule has 1 heterocycles. The lowest BCUT2D eigenvalue weighted by atomic mass is 9.90. The molecular formula is C25H28N2O5. The quantitative estimate of drug-likeness (QED) is 0.522. The van der Waals surface area contributed by atoms with Crippen LogP contribution in [-0.2, 0) is 9.53 Å². The van der Waals surface area contributed by atoms with Gasteiger partial charge in [0, 0.05) is 12.6 Å². The van der Waals surface area contributed by atoms with Crippen LogP contribution in [-0.4, -0.2) is 42.9 Å². The van der Waals surface area contributed by atoms with Gasteiger partial charge in [0.2, 0.25) is 0 Å². The summed E-state index contributed by atoms with van der Waals surface area (Å²) in [6, 6.07) is 11.6. The molecule has 32 heavy (non-hydrogen) atoms. The maximum absolute atomic E-state index is 13.0. The van der Waals surface area contributed by atoms with Gasteiger partial charge in [-0.15, -0.1) is 0 Å². The molecule has 2 amide bonds. The summed E-state index contributed by atoms with van der Waals surface area (Å²) in [6.07, 6.45) is 0. The van der Waals surface area contributed by atoms with Gasteiger partial charge in [0.05, 0.1) is 23.9 Å². The standard InChI is InChI=1S/C25H28N2O5/c1-6-31-24(29)22-21(14-32-19-11-9-18(10-12-19)17(4)28)27(5)25(30)26-23(22)20-13-15(2)7-8-16(20)3/h7-13,23H,6,14H2,1-5H3,(H,26,30)/t23-/m0/s1. The Morgan fingerprint density at radius 3 is 2.41 bits per heavy atom. The van der Waals surface area contributed by atoms with Crippen LogP contribution in [0.3, 0.4) is 0 Å². The van der Waals surface area contributed by atoms with Crippen LogP contribution in [0.25, 0.3) is 0 Å². The highest BCUT2D eigenvalue weighted by atomic mass is 16.5. The van der Waals surface area contributed by atoms with E-state index in [4.69, 9.17) is 9.47 Å². The van der Waals surface area contributed by atoms with Crippen LogP contribution in [0.5, 0.6) is 5.75 Å². The zero-order valence-electron chi connectivity index (χ0n) is 19.0. The normalized spacial score (nSPS) is 16.0.